The van der Waals surface area contributed by atoms with Crippen molar-refractivity contribution in [3.8, 4) is 0 Å². The van der Waals surface area contributed by atoms with Crippen LogP contribution in [0.15, 0.2) is 18.2 Å². The van der Waals surface area contributed by atoms with E-state index in [4.69, 9.17) is 16.3 Å². The van der Waals surface area contributed by atoms with Gasteiger partial charge in [0.1, 0.15) is 5.69 Å². The fraction of sp³-hybridized carbons (Fsp3) is 0.444. The quantitative estimate of drug-likeness (QED) is 0.725. The van der Waals surface area contributed by atoms with Crippen LogP contribution in [0.5, 0.6) is 0 Å². The summed E-state index contributed by atoms with van der Waals surface area (Å²) in [6, 6.07) is 5.32. The Morgan fingerprint density at radius 3 is 2.96 bits per heavy atom. The smallest absolute Gasteiger partial charge is 0.356 e. The van der Waals surface area contributed by atoms with Crippen molar-refractivity contribution in [1.82, 2.24) is 4.98 Å². The standard InChI is InChI=1S/C18H22ClN3O3/c1-11-5-4-8-22(9-11)10-14(23)21-16-15-12(19)6-3-7-13(15)20-17(16)18(24)25-2/h3,6-7,11,20H,4-5,8-10H2,1-2H3,(H,21,23)/p+1/t11-/m0/s1. The highest BCUT2D eigenvalue weighted by Gasteiger charge is 2.25. The Balaban J connectivity index is 1.86. The van der Waals surface area contributed by atoms with E-state index in [0.717, 1.165) is 19.5 Å². The number of quaternary nitrogens is 1. The van der Waals surface area contributed by atoms with E-state index in [9.17, 15) is 9.59 Å². The molecule has 0 saturated carbocycles. The number of amides is 1. The van der Waals surface area contributed by atoms with Crippen LogP contribution in [0.2, 0.25) is 5.02 Å². The lowest BCUT2D eigenvalue weighted by Crippen LogP contribution is -3.14. The summed E-state index contributed by atoms with van der Waals surface area (Å²) in [7, 11) is 1.31. The number of likely N-dealkylation sites (tertiary alicyclic amines) is 1. The number of aromatic nitrogens is 1. The van der Waals surface area contributed by atoms with Crippen LogP contribution in [0.3, 0.4) is 0 Å². The van der Waals surface area contributed by atoms with Crippen molar-refractivity contribution in [3.63, 3.8) is 0 Å². The molecule has 1 aromatic carbocycles. The van der Waals surface area contributed by atoms with Crippen molar-refractivity contribution >= 4 is 40.1 Å². The molecule has 1 fully saturated rings. The Bertz CT molecular complexity index is 802. The van der Waals surface area contributed by atoms with Gasteiger partial charge in [0.25, 0.3) is 5.91 Å². The number of piperidine rings is 1. The second-order valence-corrected chi connectivity index (χ2v) is 7.11. The fourth-order valence-electron chi connectivity index (χ4n) is 3.55. The zero-order valence-corrected chi connectivity index (χ0v) is 15.2. The van der Waals surface area contributed by atoms with E-state index in [1.807, 2.05) is 0 Å². The van der Waals surface area contributed by atoms with Gasteiger partial charge in [-0.1, -0.05) is 24.6 Å². The van der Waals surface area contributed by atoms with E-state index in [0.29, 0.717) is 34.1 Å². The number of methoxy groups -OCH3 is 1. The number of carbonyl (C=O) groups is 2. The first kappa shape index (κ1) is 17.8. The number of rotatable bonds is 4. The van der Waals surface area contributed by atoms with Crippen LogP contribution >= 0.6 is 11.6 Å². The fourth-order valence-corrected chi connectivity index (χ4v) is 3.82. The number of aromatic amines is 1. The first-order valence-corrected chi connectivity index (χ1v) is 8.89. The van der Waals surface area contributed by atoms with E-state index in [1.54, 1.807) is 18.2 Å². The van der Waals surface area contributed by atoms with Crippen LogP contribution in [-0.2, 0) is 9.53 Å². The van der Waals surface area contributed by atoms with Crippen molar-refractivity contribution in [2.75, 3.05) is 32.1 Å². The van der Waals surface area contributed by atoms with Crippen molar-refractivity contribution in [2.45, 2.75) is 19.8 Å². The number of carbonyl (C=O) groups excluding carboxylic acids is 2. The van der Waals surface area contributed by atoms with Crippen LogP contribution in [0.4, 0.5) is 5.69 Å². The van der Waals surface area contributed by atoms with Gasteiger partial charge < -0.3 is 19.9 Å². The minimum atomic E-state index is -0.540. The Morgan fingerprint density at radius 2 is 2.24 bits per heavy atom. The van der Waals surface area contributed by atoms with Crippen molar-refractivity contribution in [3.05, 3.63) is 28.9 Å². The van der Waals surface area contributed by atoms with Gasteiger partial charge in [-0.15, -0.1) is 0 Å². The lowest BCUT2D eigenvalue weighted by atomic mass is 10.0. The van der Waals surface area contributed by atoms with Crippen LogP contribution in [0.1, 0.15) is 30.3 Å². The third-order valence-electron chi connectivity index (χ3n) is 4.70. The minimum Gasteiger partial charge on any atom is -0.464 e. The number of H-pyrrole nitrogens is 1. The lowest BCUT2D eigenvalue weighted by molar-refractivity contribution is -0.900. The Kier molecular flexibility index (Phi) is 5.30. The zero-order valence-electron chi connectivity index (χ0n) is 14.4. The molecule has 1 unspecified atom stereocenters. The Morgan fingerprint density at radius 1 is 1.44 bits per heavy atom. The van der Waals surface area contributed by atoms with Crippen molar-refractivity contribution in [2.24, 2.45) is 5.92 Å². The molecule has 25 heavy (non-hydrogen) atoms. The van der Waals surface area contributed by atoms with Gasteiger partial charge in [-0.3, -0.25) is 4.79 Å². The predicted octanol–water partition coefficient (Wildman–Crippen LogP) is 1.86. The number of anilines is 1. The van der Waals surface area contributed by atoms with Gasteiger partial charge in [0, 0.05) is 16.8 Å². The van der Waals surface area contributed by atoms with Gasteiger partial charge in [-0.25, -0.2) is 4.79 Å². The molecule has 3 N–H and O–H groups in total. The van der Waals surface area contributed by atoms with Crippen LogP contribution in [0.25, 0.3) is 10.9 Å². The molecule has 1 aliphatic heterocycles. The predicted molar refractivity (Wildman–Crippen MR) is 97.2 cm³/mol. The summed E-state index contributed by atoms with van der Waals surface area (Å²) in [6.07, 6.45) is 2.35. The molecule has 7 heteroatoms. The molecule has 2 heterocycles. The summed E-state index contributed by atoms with van der Waals surface area (Å²) in [4.78, 5) is 28.9. The van der Waals surface area contributed by atoms with Gasteiger partial charge in [0.15, 0.2) is 6.54 Å². The first-order chi connectivity index (χ1) is 12.0. The average molecular weight is 365 g/mol. The summed E-state index contributed by atoms with van der Waals surface area (Å²) in [5.74, 6) is -0.0405. The second-order valence-electron chi connectivity index (χ2n) is 6.71. The maximum atomic E-state index is 12.6. The molecule has 1 aliphatic rings. The molecule has 3 rings (SSSR count). The highest BCUT2D eigenvalue weighted by molar-refractivity contribution is 6.37. The second kappa shape index (κ2) is 7.45. The maximum Gasteiger partial charge on any atom is 0.356 e. The molecule has 2 aromatic rings. The van der Waals surface area contributed by atoms with Crippen molar-refractivity contribution < 1.29 is 19.2 Å². The van der Waals surface area contributed by atoms with E-state index in [1.165, 1.54) is 18.4 Å². The molecule has 2 atom stereocenters. The minimum absolute atomic E-state index is 0.130. The average Bonchev–Trinajstić information content (AvgIpc) is 2.94. The summed E-state index contributed by atoms with van der Waals surface area (Å²) in [5, 5.41) is 3.97. The Labute approximate surface area is 151 Å². The van der Waals surface area contributed by atoms with E-state index < -0.39 is 5.97 Å². The number of ether oxygens (including phenoxy) is 1. The number of fused-ring (bicyclic) bond motifs is 1. The summed E-state index contributed by atoms with van der Waals surface area (Å²) < 4.78 is 4.82. The molecule has 1 saturated heterocycles. The lowest BCUT2D eigenvalue weighted by Gasteiger charge is -2.27. The number of halogens is 1. The third-order valence-corrected chi connectivity index (χ3v) is 5.02. The van der Waals surface area contributed by atoms with Crippen LogP contribution in [-0.4, -0.2) is 43.6 Å². The van der Waals surface area contributed by atoms with Crippen molar-refractivity contribution in [1.29, 1.82) is 0 Å². The molecule has 1 amide bonds. The number of hydrogen-bond acceptors (Lipinski definition) is 3. The first-order valence-electron chi connectivity index (χ1n) is 8.51. The molecular formula is C18H23ClN3O3+. The van der Waals surface area contributed by atoms with Gasteiger partial charge in [-0.05, 0) is 25.0 Å². The highest BCUT2D eigenvalue weighted by Crippen LogP contribution is 2.33. The molecule has 6 nitrogen and oxygen atoms in total. The molecule has 1 aromatic heterocycles. The molecular weight excluding hydrogens is 342 g/mol. The molecule has 0 radical (unpaired) electrons. The third kappa shape index (κ3) is 3.80. The summed E-state index contributed by atoms with van der Waals surface area (Å²) in [5.41, 5.74) is 1.28. The molecule has 0 spiro atoms. The zero-order chi connectivity index (χ0) is 18.0. The maximum absolute atomic E-state index is 12.6. The van der Waals surface area contributed by atoms with E-state index in [2.05, 4.69) is 17.2 Å². The van der Waals surface area contributed by atoms with E-state index in [-0.39, 0.29) is 11.6 Å². The SMILES string of the molecule is COC(=O)c1[nH]c2cccc(Cl)c2c1NC(=O)C[NH+]1CCC[C@H](C)C1. The number of hydrogen-bond donors (Lipinski definition) is 3. The monoisotopic (exact) mass is 364 g/mol. The topological polar surface area (TPSA) is 75.6 Å². The number of nitrogens with one attached hydrogen (secondary N) is 3. The van der Waals surface area contributed by atoms with Crippen LogP contribution in [0, 0.1) is 5.92 Å². The van der Waals surface area contributed by atoms with Gasteiger partial charge in [0.2, 0.25) is 0 Å². The highest BCUT2D eigenvalue weighted by atomic mass is 35.5. The van der Waals surface area contributed by atoms with E-state index >= 15 is 0 Å². The Hall–Kier alpha value is -2.05. The number of benzene rings is 1. The summed E-state index contributed by atoms with van der Waals surface area (Å²) in [6.45, 7) is 4.58. The molecule has 134 valence electrons. The molecule has 0 aliphatic carbocycles. The normalized spacial score (nSPS) is 20.4. The van der Waals surface area contributed by atoms with Crippen LogP contribution < -0.4 is 10.2 Å². The summed E-state index contributed by atoms with van der Waals surface area (Å²) >= 11 is 6.29. The van der Waals surface area contributed by atoms with Gasteiger partial charge in [0.05, 0.1) is 30.9 Å². The van der Waals surface area contributed by atoms with Gasteiger partial charge in [-0.2, -0.15) is 0 Å². The van der Waals surface area contributed by atoms with Gasteiger partial charge >= 0.3 is 5.97 Å². The number of esters is 1. The largest absolute Gasteiger partial charge is 0.464 e. The molecule has 0 bridgehead atoms.